The number of nitro groups is 1. The van der Waals surface area contributed by atoms with E-state index in [-0.39, 0.29) is 40.4 Å². The quantitative estimate of drug-likeness (QED) is 0.231. The van der Waals surface area contributed by atoms with E-state index in [0.717, 1.165) is 35.9 Å². The van der Waals surface area contributed by atoms with Crippen LogP contribution in [-0.4, -0.2) is 58.0 Å². The maximum Gasteiger partial charge on any atom is 0.294 e. The molecular weight excluding hydrogens is 534 g/mol. The minimum absolute atomic E-state index is 0.0218. The van der Waals surface area contributed by atoms with Crippen molar-refractivity contribution in [3.8, 4) is 11.5 Å². The molecular formula is C26H26ClN3O7S. The number of carbonyl (C=O) groups is 3. The molecule has 2 fully saturated rings. The first-order chi connectivity index (χ1) is 18.3. The summed E-state index contributed by atoms with van der Waals surface area (Å²) in [6.45, 7) is 3.22. The average Bonchev–Trinajstić information content (AvgIpc) is 3.16. The van der Waals surface area contributed by atoms with E-state index in [4.69, 9.17) is 21.1 Å². The summed E-state index contributed by atoms with van der Waals surface area (Å²) in [4.78, 5) is 51.3. The number of amides is 3. The molecule has 10 nitrogen and oxygen atoms in total. The molecule has 0 atom stereocenters. The molecule has 0 radical (unpaired) electrons. The Hall–Kier alpha value is -3.57. The summed E-state index contributed by atoms with van der Waals surface area (Å²) in [5.41, 5.74) is 1.20. The number of halogens is 1. The second-order valence-electron chi connectivity index (χ2n) is 8.68. The predicted octanol–water partition coefficient (Wildman–Crippen LogP) is 5.27. The largest absolute Gasteiger partial charge is 0.490 e. The minimum Gasteiger partial charge on any atom is -0.490 e. The third-order valence-electron chi connectivity index (χ3n) is 6.04. The molecule has 0 aromatic heterocycles. The summed E-state index contributed by atoms with van der Waals surface area (Å²) in [5.74, 6) is -0.140. The van der Waals surface area contributed by atoms with E-state index in [2.05, 4.69) is 0 Å². The SMILES string of the molecule is CCOc1cc(/C=C2\SC(=O)N(CC(=O)N3CCCCC3)C2=O)cc(Cl)c1OCc1ccc([N+](=O)[O-])cc1. The van der Waals surface area contributed by atoms with Gasteiger partial charge in [-0.25, -0.2) is 0 Å². The normalized spacial score (nSPS) is 16.7. The number of piperidine rings is 1. The molecule has 0 bridgehead atoms. The van der Waals surface area contributed by atoms with Gasteiger partial charge in [0.2, 0.25) is 5.91 Å². The van der Waals surface area contributed by atoms with Gasteiger partial charge in [-0.3, -0.25) is 29.4 Å². The third kappa shape index (κ3) is 6.46. The molecule has 2 aromatic rings. The number of hydrogen-bond donors (Lipinski definition) is 0. The summed E-state index contributed by atoms with van der Waals surface area (Å²) >= 11 is 7.26. The zero-order chi connectivity index (χ0) is 27.2. The topological polar surface area (TPSA) is 119 Å². The first-order valence-corrected chi connectivity index (χ1v) is 13.3. The smallest absolute Gasteiger partial charge is 0.294 e. The molecule has 2 aromatic carbocycles. The van der Waals surface area contributed by atoms with Crippen molar-refractivity contribution < 1.29 is 28.8 Å². The number of ether oxygens (including phenoxy) is 2. The highest BCUT2D eigenvalue weighted by Gasteiger charge is 2.37. The van der Waals surface area contributed by atoms with E-state index in [0.29, 0.717) is 36.6 Å². The monoisotopic (exact) mass is 559 g/mol. The van der Waals surface area contributed by atoms with Crippen LogP contribution >= 0.6 is 23.4 Å². The van der Waals surface area contributed by atoms with Gasteiger partial charge in [-0.2, -0.15) is 0 Å². The van der Waals surface area contributed by atoms with Crippen molar-refractivity contribution >= 4 is 52.2 Å². The highest BCUT2D eigenvalue weighted by molar-refractivity contribution is 8.18. The number of non-ortho nitro benzene ring substituents is 1. The Kier molecular flexibility index (Phi) is 8.90. The summed E-state index contributed by atoms with van der Waals surface area (Å²) in [6, 6.07) is 9.19. The molecule has 0 spiro atoms. The second kappa shape index (κ2) is 12.3. The van der Waals surface area contributed by atoms with Crippen molar-refractivity contribution in [2.75, 3.05) is 26.2 Å². The van der Waals surface area contributed by atoms with Crippen LogP contribution in [0.4, 0.5) is 10.5 Å². The van der Waals surface area contributed by atoms with Crippen molar-refractivity contribution in [2.24, 2.45) is 0 Å². The summed E-state index contributed by atoms with van der Waals surface area (Å²) in [7, 11) is 0. The molecule has 0 saturated carbocycles. The fourth-order valence-corrected chi connectivity index (χ4v) is 5.22. The number of imide groups is 1. The van der Waals surface area contributed by atoms with Crippen molar-refractivity contribution in [3.63, 3.8) is 0 Å². The van der Waals surface area contributed by atoms with Crippen LogP contribution in [0.3, 0.4) is 0 Å². The van der Waals surface area contributed by atoms with Gasteiger partial charge in [-0.05, 0) is 79.4 Å². The fraction of sp³-hybridized carbons (Fsp3) is 0.346. The standard InChI is InChI=1S/C26H26ClN3O7S/c1-2-36-21-13-18(12-20(27)24(21)37-16-17-6-8-19(9-7-17)30(34)35)14-22-25(32)29(26(33)38-22)15-23(31)28-10-4-3-5-11-28/h6-9,12-14H,2-5,10-11,15-16H2,1H3/b22-14-. The fourth-order valence-electron chi connectivity index (χ4n) is 4.11. The molecule has 2 aliphatic rings. The van der Waals surface area contributed by atoms with Crippen LogP contribution in [0.1, 0.15) is 37.3 Å². The summed E-state index contributed by atoms with van der Waals surface area (Å²) in [6.07, 6.45) is 4.44. The van der Waals surface area contributed by atoms with E-state index in [1.807, 2.05) is 0 Å². The Labute approximate surface area is 228 Å². The summed E-state index contributed by atoms with van der Waals surface area (Å²) in [5, 5.41) is 10.6. The van der Waals surface area contributed by atoms with Crippen molar-refractivity contribution in [2.45, 2.75) is 32.8 Å². The highest BCUT2D eigenvalue weighted by atomic mass is 35.5. The lowest BCUT2D eigenvalue weighted by molar-refractivity contribution is -0.384. The van der Waals surface area contributed by atoms with E-state index in [1.165, 1.54) is 18.2 Å². The molecule has 3 amide bonds. The van der Waals surface area contributed by atoms with Crippen molar-refractivity contribution in [1.29, 1.82) is 0 Å². The number of thioether (sulfide) groups is 1. The molecule has 0 N–H and O–H groups in total. The first-order valence-electron chi connectivity index (χ1n) is 12.1. The zero-order valence-corrected chi connectivity index (χ0v) is 22.3. The van der Waals surface area contributed by atoms with Gasteiger partial charge in [-0.15, -0.1) is 0 Å². The van der Waals surface area contributed by atoms with Crippen LogP contribution in [0, 0.1) is 10.1 Å². The maximum absolute atomic E-state index is 12.9. The number of benzene rings is 2. The van der Waals surface area contributed by atoms with Gasteiger partial charge in [0.25, 0.3) is 16.8 Å². The van der Waals surface area contributed by atoms with Gasteiger partial charge < -0.3 is 14.4 Å². The number of nitro benzene ring substituents is 1. The van der Waals surface area contributed by atoms with Crippen molar-refractivity contribution in [1.82, 2.24) is 9.80 Å². The molecule has 2 saturated heterocycles. The number of hydrogen-bond acceptors (Lipinski definition) is 8. The molecule has 4 rings (SSSR count). The number of nitrogens with zero attached hydrogens (tertiary/aromatic N) is 3. The highest BCUT2D eigenvalue weighted by Crippen LogP contribution is 2.39. The lowest BCUT2D eigenvalue weighted by atomic mass is 10.1. The van der Waals surface area contributed by atoms with Gasteiger partial charge in [0.05, 0.1) is 21.5 Å². The van der Waals surface area contributed by atoms with E-state index in [1.54, 1.807) is 36.1 Å². The molecule has 2 aliphatic heterocycles. The number of carbonyl (C=O) groups excluding carboxylic acids is 3. The Balaban J connectivity index is 1.49. The molecule has 0 unspecified atom stereocenters. The van der Waals surface area contributed by atoms with Crippen LogP contribution in [0.25, 0.3) is 6.08 Å². The second-order valence-corrected chi connectivity index (χ2v) is 10.1. The van der Waals surface area contributed by atoms with E-state index >= 15 is 0 Å². The average molecular weight is 560 g/mol. The zero-order valence-electron chi connectivity index (χ0n) is 20.7. The maximum atomic E-state index is 12.9. The van der Waals surface area contributed by atoms with Crippen LogP contribution < -0.4 is 9.47 Å². The van der Waals surface area contributed by atoms with Gasteiger partial charge >= 0.3 is 0 Å². The van der Waals surface area contributed by atoms with Crippen molar-refractivity contribution in [3.05, 3.63) is 67.6 Å². The van der Waals surface area contributed by atoms with Crippen LogP contribution in [0.15, 0.2) is 41.3 Å². The van der Waals surface area contributed by atoms with Gasteiger partial charge in [0, 0.05) is 25.2 Å². The van der Waals surface area contributed by atoms with Crippen LogP contribution in [0.2, 0.25) is 5.02 Å². The Morgan fingerprint density at radius 1 is 1.13 bits per heavy atom. The molecule has 12 heteroatoms. The van der Waals surface area contributed by atoms with Crippen LogP contribution in [0.5, 0.6) is 11.5 Å². The molecule has 200 valence electrons. The van der Waals surface area contributed by atoms with E-state index in [9.17, 15) is 24.5 Å². The Bertz CT molecular complexity index is 1280. The Morgan fingerprint density at radius 3 is 2.50 bits per heavy atom. The van der Waals surface area contributed by atoms with Gasteiger partial charge in [-0.1, -0.05) is 11.6 Å². The van der Waals surface area contributed by atoms with Gasteiger partial charge in [0.15, 0.2) is 11.5 Å². The van der Waals surface area contributed by atoms with E-state index < -0.39 is 16.1 Å². The Morgan fingerprint density at radius 2 is 1.84 bits per heavy atom. The first kappa shape index (κ1) is 27.5. The molecule has 2 heterocycles. The third-order valence-corrected chi connectivity index (χ3v) is 7.22. The summed E-state index contributed by atoms with van der Waals surface area (Å²) < 4.78 is 11.6. The lowest BCUT2D eigenvalue weighted by Crippen LogP contribution is -2.44. The predicted molar refractivity (Wildman–Crippen MR) is 143 cm³/mol. The minimum atomic E-state index is -0.530. The molecule has 38 heavy (non-hydrogen) atoms. The molecule has 0 aliphatic carbocycles. The number of likely N-dealkylation sites (tertiary alicyclic amines) is 1. The van der Waals surface area contributed by atoms with Crippen LogP contribution in [-0.2, 0) is 16.2 Å². The lowest BCUT2D eigenvalue weighted by Gasteiger charge is -2.27. The number of rotatable bonds is 9. The van der Waals surface area contributed by atoms with Gasteiger partial charge in [0.1, 0.15) is 13.2 Å².